The van der Waals surface area contributed by atoms with Gasteiger partial charge in [0.25, 0.3) is 5.91 Å². The molecule has 19 heavy (non-hydrogen) atoms. The van der Waals surface area contributed by atoms with Crippen LogP contribution in [0.15, 0.2) is 18.2 Å². The van der Waals surface area contributed by atoms with E-state index in [4.69, 9.17) is 4.74 Å². The number of carbonyl (C=O) groups is 1. The molecule has 4 nitrogen and oxygen atoms in total. The Kier molecular flexibility index (Phi) is 4.43. The van der Waals surface area contributed by atoms with Crippen molar-refractivity contribution >= 4 is 11.6 Å². The van der Waals surface area contributed by atoms with Gasteiger partial charge < -0.3 is 15.0 Å². The normalized spacial score (nSPS) is 18.4. The fraction of sp³-hybridized carbons (Fsp3) is 0.533. The summed E-state index contributed by atoms with van der Waals surface area (Å²) in [6.07, 6.45) is 2.33. The Morgan fingerprint density at radius 2 is 2.32 bits per heavy atom. The number of hydrogen-bond acceptors (Lipinski definition) is 3. The molecule has 1 heterocycles. The number of nitrogens with one attached hydrogen (secondary N) is 1. The number of likely N-dealkylation sites (N-methyl/N-ethyl adjacent to an activating group) is 1. The van der Waals surface area contributed by atoms with Gasteiger partial charge in [-0.15, -0.1) is 0 Å². The van der Waals surface area contributed by atoms with Crippen LogP contribution in [0.1, 0.15) is 28.8 Å². The fourth-order valence-corrected chi connectivity index (χ4v) is 2.44. The van der Waals surface area contributed by atoms with Crippen molar-refractivity contribution in [1.29, 1.82) is 0 Å². The zero-order valence-corrected chi connectivity index (χ0v) is 11.9. The summed E-state index contributed by atoms with van der Waals surface area (Å²) >= 11 is 0. The van der Waals surface area contributed by atoms with Gasteiger partial charge >= 0.3 is 0 Å². The Morgan fingerprint density at radius 1 is 1.53 bits per heavy atom. The lowest BCUT2D eigenvalue weighted by Crippen LogP contribution is -2.34. The van der Waals surface area contributed by atoms with Crippen LogP contribution in [0.4, 0.5) is 5.69 Å². The van der Waals surface area contributed by atoms with Crippen LogP contribution >= 0.6 is 0 Å². The molecule has 0 radical (unpaired) electrons. The number of rotatable bonds is 4. The van der Waals surface area contributed by atoms with Gasteiger partial charge in [-0.05, 0) is 31.9 Å². The quantitative estimate of drug-likeness (QED) is 0.905. The molecule has 1 atom stereocenters. The summed E-state index contributed by atoms with van der Waals surface area (Å²) in [4.78, 5) is 14.3. The predicted octanol–water partition coefficient (Wildman–Crippen LogP) is 2.29. The van der Waals surface area contributed by atoms with Gasteiger partial charge in [0.1, 0.15) is 0 Å². The molecule has 0 aliphatic carbocycles. The predicted molar refractivity (Wildman–Crippen MR) is 76.7 cm³/mol. The Balaban J connectivity index is 2.11. The SMILES string of the molecule is CNc1ccc(C)cc1C(=O)N(C)CC1CCCO1. The van der Waals surface area contributed by atoms with E-state index in [1.165, 1.54) is 0 Å². The van der Waals surface area contributed by atoms with E-state index in [-0.39, 0.29) is 12.0 Å². The molecule has 1 fully saturated rings. The highest BCUT2D eigenvalue weighted by atomic mass is 16.5. The number of hydrogen-bond donors (Lipinski definition) is 1. The van der Waals surface area contributed by atoms with Crippen molar-refractivity contribution in [2.75, 3.05) is 32.6 Å². The van der Waals surface area contributed by atoms with Crippen LogP contribution in [0.3, 0.4) is 0 Å². The van der Waals surface area contributed by atoms with Gasteiger partial charge in [-0.25, -0.2) is 0 Å². The molecular weight excluding hydrogens is 240 g/mol. The first kappa shape index (κ1) is 13.9. The maximum atomic E-state index is 12.5. The largest absolute Gasteiger partial charge is 0.387 e. The monoisotopic (exact) mass is 262 g/mol. The molecule has 2 rings (SSSR count). The van der Waals surface area contributed by atoms with Crippen LogP contribution in [0.5, 0.6) is 0 Å². The minimum Gasteiger partial charge on any atom is -0.387 e. The van der Waals surface area contributed by atoms with Gasteiger partial charge in [0.15, 0.2) is 0 Å². The number of nitrogens with zero attached hydrogens (tertiary/aromatic N) is 1. The van der Waals surface area contributed by atoms with Crippen molar-refractivity contribution in [2.45, 2.75) is 25.9 Å². The van der Waals surface area contributed by atoms with Crippen LogP contribution < -0.4 is 5.32 Å². The van der Waals surface area contributed by atoms with Crippen LogP contribution in [0, 0.1) is 6.92 Å². The average molecular weight is 262 g/mol. The second kappa shape index (κ2) is 6.06. The second-order valence-electron chi connectivity index (χ2n) is 5.12. The van der Waals surface area contributed by atoms with Crippen molar-refractivity contribution in [1.82, 2.24) is 4.90 Å². The van der Waals surface area contributed by atoms with Gasteiger partial charge in [0.2, 0.25) is 0 Å². The summed E-state index contributed by atoms with van der Waals surface area (Å²) < 4.78 is 5.58. The first-order valence-electron chi connectivity index (χ1n) is 6.77. The van der Waals surface area contributed by atoms with E-state index in [0.29, 0.717) is 6.54 Å². The highest BCUT2D eigenvalue weighted by Crippen LogP contribution is 2.20. The lowest BCUT2D eigenvalue weighted by Gasteiger charge is -2.22. The summed E-state index contributed by atoms with van der Waals surface area (Å²) in [5.74, 6) is 0.0450. The molecule has 1 aromatic carbocycles. The molecule has 0 saturated carbocycles. The number of carbonyl (C=O) groups excluding carboxylic acids is 1. The molecule has 1 amide bonds. The topological polar surface area (TPSA) is 41.6 Å². The van der Waals surface area contributed by atoms with E-state index in [0.717, 1.165) is 36.3 Å². The molecule has 0 spiro atoms. The molecule has 1 N–H and O–H groups in total. The maximum Gasteiger partial charge on any atom is 0.255 e. The van der Waals surface area contributed by atoms with Gasteiger partial charge in [0, 0.05) is 32.9 Å². The van der Waals surface area contributed by atoms with Crippen LogP contribution in [0.2, 0.25) is 0 Å². The van der Waals surface area contributed by atoms with Crippen LogP contribution in [-0.2, 0) is 4.74 Å². The minimum atomic E-state index is 0.0450. The molecule has 0 bridgehead atoms. The second-order valence-corrected chi connectivity index (χ2v) is 5.12. The van der Waals surface area contributed by atoms with E-state index >= 15 is 0 Å². The van der Waals surface area contributed by atoms with E-state index in [1.54, 1.807) is 4.90 Å². The zero-order chi connectivity index (χ0) is 13.8. The lowest BCUT2D eigenvalue weighted by molar-refractivity contribution is 0.0587. The van der Waals surface area contributed by atoms with Crippen molar-refractivity contribution in [3.05, 3.63) is 29.3 Å². The number of ether oxygens (including phenoxy) is 1. The third kappa shape index (κ3) is 3.26. The van der Waals surface area contributed by atoms with Gasteiger partial charge in [-0.1, -0.05) is 11.6 Å². The summed E-state index contributed by atoms with van der Waals surface area (Å²) in [5.41, 5.74) is 2.69. The number of benzene rings is 1. The van der Waals surface area contributed by atoms with Crippen molar-refractivity contribution in [3.8, 4) is 0 Å². The Hall–Kier alpha value is -1.55. The van der Waals surface area contributed by atoms with E-state index < -0.39 is 0 Å². The van der Waals surface area contributed by atoms with Crippen molar-refractivity contribution in [3.63, 3.8) is 0 Å². The van der Waals surface area contributed by atoms with Gasteiger partial charge in [0.05, 0.1) is 11.7 Å². The summed E-state index contributed by atoms with van der Waals surface area (Å²) in [6.45, 7) is 3.48. The first-order valence-corrected chi connectivity index (χ1v) is 6.77. The molecule has 0 aromatic heterocycles. The van der Waals surface area contributed by atoms with Crippen LogP contribution in [-0.4, -0.2) is 44.2 Å². The standard InChI is InChI=1S/C15H22N2O2/c1-11-6-7-14(16-2)13(9-11)15(18)17(3)10-12-5-4-8-19-12/h6-7,9,12,16H,4-5,8,10H2,1-3H3. The molecular formula is C15H22N2O2. The molecule has 1 saturated heterocycles. The Bertz CT molecular complexity index is 453. The molecule has 4 heteroatoms. The van der Waals surface area contributed by atoms with E-state index in [2.05, 4.69) is 5.32 Å². The molecule has 1 unspecified atom stereocenters. The summed E-state index contributed by atoms with van der Waals surface area (Å²) in [6, 6.07) is 5.88. The van der Waals surface area contributed by atoms with Crippen LogP contribution in [0.25, 0.3) is 0 Å². The average Bonchev–Trinajstić information content (AvgIpc) is 2.90. The smallest absolute Gasteiger partial charge is 0.255 e. The number of anilines is 1. The van der Waals surface area contributed by atoms with Crippen molar-refractivity contribution < 1.29 is 9.53 Å². The molecule has 1 aliphatic rings. The number of aryl methyl sites for hydroxylation is 1. The lowest BCUT2D eigenvalue weighted by atomic mass is 10.1. The maximum absolute atomic E-state index is 12.5. The van der Waals surface area contributed by atoms with E-state index in [1.807, 2.05) is 39.2 Å². The zero-order valence-electron chi connectivity index (χ0n) is 11.9. The highest BCUT2D eigenvalue weighted by molar-refractivity contribution is 5.99. The third-order valence-electron chi connectivity index (χ3n) is 3.52. The third-order valence-corrected chi connectivity index (χ3v) is 3.52. The molecule has 1 aromatic rings. The Morgan fingerprint density at radius 3 is 2.95 bits per heavy atom. The highest BCUT2D eigenvalue weighted by Gasteiger charge is 2.22. The minimum absolute atomic E-state index is 0.0450. The Labute approximate surface area is 114 Å². The molecule has 1 aliphatic heterocycles. The van der Waals surface area contributed by atoms with Gasteiger partial charge in [-0.3, -0.25) is 4.79 Å². The summed E-state index contributed by atoms with van der Waals surface area (Å²) in [5, 5.41) is 3.07. The van der Waals surface area contributed by atoms with Crippen molar-refractivity contribution in [2.24, 2.45) is 0 Å². The van der Waals surface area contributed by atoms with Gasteiger partial charge in [-0.2, -0.15) is 0 Å². The fourth-order valence-electron chi connectivity index (χ4n) is 2.44. The first-order chi connectivity index (χ1) is 9.11. The summed E-state index contributed by atoms with van der Waals surface area (Å²) in [7, 11) is 3.67. The molecule has 104 valence electrons. The van der Waals surface area contributed by atoms with E-state index in [9.17, 15) is 4.79 Å². The number of amides is 1.